The quantitative estimate of drug-likeness (QED) is 0.793. The van der Waals surface area contributed by atoms with E-state index in [4.69, 9.17) is 0 Å². The molecule has 150 valence electrons. The molecule has 1 aliphatic carbocycles. The minimum absolute atomic E-state index is 0.0246. The Kier molecular flexibility index (Phi) is 6.71. The molecule has 0 spiro atoms. The van der Waals surface area contributed by atoms with Gasteiger partial charge in [0.05, 0.1) is 0 Å². The smallest absolute Gasteiger partial charge is 0.242 e. The second kappa shape index (κ2) is 9.22. The zero-order valence-corrected chi connectivity index (χ0v) is 17.2. The summed E-state index contributed by atoms with van der Waals surface area (Å²) in [5, 5.41) is 8.05. The molecule has 2 aromatic carbocycles. The van der Waals surface area contributed by atoms with Crippen molar-refractivity contribution in [3.63, 3.8) is 0 Å². The van der Waals surface area contributed by atoms with E-state index >= 15 is 0 Å². The summed E-state index contributed by atoms with van der Waals surface area (Å²) in [6.45, 7) is 4.52. The standard InChI is InChI=1S/C24H32N2O2/c1-16(2)18-10-12-20(13-11-18)23(27)26-22(24(28)25-3)15-17-8-9-19-6-4-5-7-21(19)14-17/h4-9,14,16,18,20,22H,10-13,15H2,1-3H3,(H,25,28)(H,26,27)/t18?,20?,22-/m1/s1. The molecule has 0 radical (unpaired) electrons. The summed E-state index contributed by atoms with van der Waals surface area (Å²) in [5.74, 6) is 1.31. The van der Waals surface area contributed by atoms with Crippen molar-refractivity contribution in [2.24, 2.45) is 17.8 Å². The number of fused-ring (bicyclic) bond motifs is 1. The van der Waals surface area contributed by atoms with E-state index in [0.29, 0.717) is 12.3 Å². The second-order valence-electron chi connectivity index (χ2n) is 8.42. The van der Waals surface area contributed by atoms with Crippen LogP contribution < -0.4 is 10.6 Å². The number of hydrogen-bond acceptors (Lipinski definition) is 2. The highest BCUT2D eigenvalue weighted by Gasteiger charge is 2.30. The normalized spacial score (nSPS) is 20.7. The Morgan fingerprint density at radius 3 is 2.32 bits per heavy atom. The summed E-state index contributed by atoms with van der Waals surface area (Å²) in [5.41, 5.74) is 1.05. The van der Waals surface area contributed by atoms with Crippen molar-refractivity contribution in [3.8, 4) is 0 Å². The molecular weight excluding hydrogens is 348 g/mol. The van der Waals surface area contributed by atoms with Gasteiger partial charge in [-0.15, -0.1) is 0 Å². The van der Waals surface area contributed by atoms with Crippen LogP contribution in [0.5, 0.6) is 0 Å². The van der Waals surface area contributed by atoms with Gasteiger partial charge in [0.15, 0.2) is 0 Å². The molecule has 0 unspecified atom stereocenters. The number of benzene rings is 2. The van der Waals surface area contributed by atoms with Crippen LogP contribution >= 0.6 is 0 Å². The molecule has 3 rings (SSSR count). The number of nitrogens with one attached hydrogen (secondary N) is 2. The molecule has 1 saturated carbocycles. The van der Waals surface area contributed by atoms with E-state index in [9.17, 15) is 9.59 Å². The molecule has 0 bridgehead atoms. The van der Waals surface area contributed by atoms with Crippen molar-refractivity contribution in [3.05, 3.63) is 48.0 Å². The minimum Gasteiger partial charge on any atom is -0.357 e. The van der Waals surface area contributed by atoms with Gasteiger partial charge < -0.3 is 10.6 Å². The number of likely N-dealkylation sites (N-methyl/N-ethyl adjacent to an activating group) is 1. The van der Waals surface area contributed by atoms with Gasteiger partial charge in [0, 0.05) is 19.4 Å². The van der Waals surface area contributed by atoms with Crippen molar-refractivity contribution in [1.82, 2.24) is 10.6 Å². The molecule has 1 atom stereocenters. The predicted octanol–water partition coefficient (Wildman–Crippen LogP) is 4.08. The Balaban J connectivity index is 1.66. The van der Waals surface area contributed by atoms with E-state index in [1.165, 1.54) is 5.39 Å². The van der Waals surface area contributed by atoms with Crippen molar-refractivity contribution in [1.29, 1.82) is 0 Å². The zero-order valence-electron chi connectivity index (χ0n) is 17.2. The Morgan fingerprint density at radius 2 is 1.68 bits per heavy atom. The minimum atomic E-state index is -0.540. The molecule has 4 heteroatoms. The lowest BCUT2D eigenvalue weighted by Crippen LogP contribution is -2.49. The maximum Gasteiger partial charge on any atom is 0.242 e. The van der Waals surface area contributed by atoms with Gasteiger partial charge in [-0.3, -0.25) is 9.59 Å². The lowest BCUT2D eigenvalue weighted by atomic mass is 9.76. The fourth-order valence-electron chi connectivity index (χ4n) is 4.32. The van der Waals surface area contributed by atoms with Crippen LogP contribution in [0.1, 0.15) is 45.1 Å². The third kappa shape index (κ3) is 4.92. The molecule has 1 aliphatic rings. The molecular formula is C24H32N2O2. The van der Waals surface area contributed by atoms with E-state index in [0.717, 1.165) is 42.6 Å². The number of hydrogen-bond donors (Lipinski definition) is 2. The summed E-state index contributed by atoms with van der Waals surface area (Å²) in [6.07, 6.45) is 4.55. The topological polar surface area (TPSA) is 58.2 Å². The van der Waals surface area contributed by atoms with E-state index in [-0.39, 0.29) is 17.7 Å². The maximum atomic E-state index is 12.8. The Morgan fingerprint density at radius 1 is 1.00 bits per heavy atom. The van der Waals surface area contributed by atoms with Crippen molar-refractivity contribution >= 4 is 22.6 Å². The highest BCUT2D eigenvalue weighted by atomic mass is 16.2. The monoisotopic (exact) mass is 380 g/mol. The summed E-state index contributed by atoms with van der Waals surface area (Å²) >= 11 is 0. The molecule has 2 aromatic rings. The molecule has 2 N–H and O–H groups in total. The Labute approximate surface area is 168 Å². The first-order valence-electron chi connectivity index (χ1n) is 10.5. The third-order valence-electron chi connectivity index (χ3n) is 6.22. The van der Waals surface area contributed by atoms with Crippen molar-refractivity contribution < 1.29 is 9.59 Å². The molecule has 4 nitrogen and oxygen atoms in total. The van der Waals surface area contributed by atoms with Crippen LogP contribution in [0.25, 0.3) is 10.8 Å². The summed E-state index contributed by atoms with van der Waals surface area (Å²) < 4.78 is 0. The average molecular weight is 381 g/mol. The molecule has 1 fully saturated rings. The van der Waals surface area contributed by atoms with Gasteiger partial charge >= 0.3 is 0 Å². The van der Waals surface area contributed by atoms with Crippen molar-refractivity contribution in [2.45, 2.75) is 52.0 Å². The van der Waals surface area contributed by atoms with Crippen LogP contribution in [0.2, 0.25) is 0 Å². The first-order valence-corrected chi connectivity index (χ1v) is 10.5. The first-order chi connectivity index (χ1) is 13.5. The summed E-state index contributed by atoms with van der Waals surface area (Å²) in [7, 11) is 1.62. The SMILES string of the molecule is CNC(=O)[C@@H](Cc1ccc2ccccc2c1)NC(=O)C1CCC(C(C)C)CC1. The zero-order chi connectivity index (χ0) is 20.1. The van der Waals surface area contributed by atoms with Crippen LogP contribution in [0.3, 0.4) is 0 Å². The van der Waals surface area contributed by atoms with Crippen LogP contribution in [-0.2, 0) is 16.0 Å². The van der Waals surface area contributed by atoms with Crippen LogP contribution in [0, 0.1) is 17.8 Å². The number of rotatable bonds is 6. The molecule has 0 aromatic heterocycles. The Bertz CT molecular complexity index is 822. The highest BCUT2D eigenvalue weighted by molar-refractivity contribution is 5.89. The van der Waals surface area contributed by atoms with Gasteiger partial charge in [-0.1, -0.05) is 56.3 Å². The predicted molar refractivity (Wildman–Crippen MR) is 114 cm³/mol. The lowest BCUT2D eigenvalue weighted by Gasteiger charge is -2.31. The van der Waals surface area contributed by atoms with Gasteiger partial charge in [0.25, 0.3) is 0 Å². The van der Waals surface area contributed by atoms with Gasteiger partial charge in [-0.05, 0) is 53.9 Å². The van der Waals surface area contributed by atoms with Crippen LogP contribution in [-0.4, -0.2) is 24.9 Å². The van der Waals surface area contributed by atoms with E-state index in [1.54, 1.807) is 7.05 Å². The largest absolute Gasteiger partial charge is 0.357 e. The molecule has 0 aliphatic heterocycles. The van der Waals surface area contributed by atoms with Crippen molar-refractivity contribution in [2.75, 3.05) is 7.05 Å². The third-order valence-corrected chi connectivity index (χ3v) is 6.22. The van der Waals surface area contributed by atoms with E-state index < -0.39 is 6.04 Å². The lowest BCUT2D eigenvalue weighted by molar-refractivity contribution is -0.131. The van der Waals surface area contributed by atoms with Gasteiger partial charge in [0.2, 0.25) is 11.8 Å². The molecule has 0 saturated heterocycles. The van der Waals surface area contributed by atoms with Gasteiger partial charge in [-0.25, -0.2) is 0 Å². The van der Waals surface area contributed by atoms with Gasteiger partial charge in [-0.2, -0.15) is 0 Å². The second-order valence-corrected chi connectivity index (χ2v) is 8.42. The van der Waals surface area contributed by atoms with Gasteiger partial charge in [0.1, 0.15) is 6.04 Å². The van der Waals surface area contributed by atoms with E-state index in [2.05, 4.69) is 48.7 Å². The van der Waals surface area contributed by atoms with E-state index in [1.807, 2.05) is 18.2 Å². The molecule has 28 heavy (non-hydrogen) atoms. The number of carbonyl (C=O) groups excluding carboxylic acids is 2. The fraction of sp³-hybridized carbons (Fsp3) is 0.500. The van der Waals surface area contributed by atoms with Crippen LogP contribution in [0.15, 0.2) is 42.5 Å². The summed E-state index contributed by atoms with van der Waals surface area (Å²) in [4.78, 5) is 25.2. The Hall–Kier alpha value is -2.36. The number of amides is 2. The molecule has 2 amide bonds. The fourth-order valence-corrected chi connectivity index (χ4v) is 4.32. The average Bonchev–Trinajstić information content (AvgIpc) is 2.72. The highest BCUT2D eigenvalue weighted by Crippen LogP contribution is 2.33. The first kappa shape index (κ1) is 20.4. The molecule has 0 heterocycles. The maximum absolute atomic E-state index is 12.8. The summed E-state index contributed by atoms with van der Waals surface area (Å²) in [6, 6.07) is 13.8. The van der Waals surface area contributed by atoms with Crippen LogP contribution in [0.4, 0.5) is 0 Å². The number of carbonyl (C=O) groups is 2.